The number of rotatable bonds is 1. The van der Waals surface area contributed by atoms with E-state index in [4.69, 9.17) is 11.6 Å². The van der Waals surface area contributed by atoms with E-state index >= 15 is 0 Å². The first-order chi connectivity index (χ1) is 5.56. The lowest BCUT2D eigenvalue weighted by atomic mass is 10.3. The standard InChI is InChI=1S/C7H17N4O/c1-11(9)4-2-3-6(5-8)10-7(11)12/h3,7,10,12H,2,4-5,8-9H2,1H3/q+1. The van der Waals surface area contributed by atoms with Crippen LogP contribution in [0.15, 0.2) is 11.8 Å². The molecule has 5 heteroatoms. The van der Waals surface area contributed by atoms with Gasteiger partial charge in [-0.15, -0.1) is 0 Å². The summed E-state index contributed by atoms with van der Waals surface area (Å²) in [7, 11) is 1.77. The van der Waals surface area contributed by atoms with Gasteiger partial charge in [-0.1, -0.05) is 6.08 Å². The van der Waals surface area contributed by atoms with Crippen molar-refractivity contribution in [2.24, 2.45) is 11.6 Å². The van der Waals surface area contributed by atoms with E-state index < -0.39 is 6.35 Å². The van der Waals surface area contributed by atoms with Crippen molar-refractivity contribution in [2.75, 3.05) is 20.1 Å². The Bertz CT molecular complexity index is 190. The minimum atomic E-state index is -0.762. The number of quaternary nitrogens is 1. The van der Waals surface area contributed by atoms with Gasteiger partial charge < -0.3 is 16.2 Å². The Balaban J connectivity index is 2.66. The van der Waals surface area contributed by atoms with Gasteiger partial charge in [0.05, 0.1) is 7.05 Å². The molecule has 12 heavy (non-hydrogen) atoms. The number of hydrogen-bond donors (Lipinski definition) is 4. The molecule has 0 aromatic carbocycles. The van der Waals surface area contributed by atoms with Gasteiger partial charge in [0.15, 0.2) is 0 Å². The van der Waals surface area contributed by atoms with Crippen molar-refractivity contribution in [3.05, 3.63) is 11.8 Å². The average Bonchev–Trinajstić information content (AvgIpc) is 2.12. The fourth-order valence-electron chi connectivity index (χ4n) is 1.15. The Morgan fingerprint density at radius 3 is 3.08 bits per heavy atom. The monoisotopic (exact) mass is 173 g/mol. The van der Waals surface area contributed by atoms with E-state index in [1.54, 1.807) is 7.05 Å². The number of aliphatic hydroxyl groups is 1. The summed E-state index contributed by atoms with van der Waals surface area (Å²) in [6.45, 7) is 1.12. The first kappa shape index (κ1) is 9.47. The van der Waals surface area contributed by atoms with Gasteiger partial charge in [-0.2, -0.15) is 5.84 Å². The topological polar surface area (TPSA) is 84.3 Å². The predicted octanol–water partition coefficient (Wildman–Crippen LogP) is -1.58. The molecule has 5 nitrogen and oxygen atoms in total. The smallest absolute Gasteiger partial charge is 0.289 e. The summed E-state index contributed by atoms with van der Waals surface area (Å²) in [5.74, 6) is 5.79. The Labute approximate surface area is 72.2 Å². The second kappa shape index (κ2) is 3.40. The van der Waals surface area contributed by atoms with Gasteiger partial charge in [-0.25, -0.2) is 4.59 Å². The highest BCUT2D eigenvalue weighted by Crippen LogP contribution is 2.07. The maximum atomic E-state index is 9.56. The Hall–Kier alpha value is -0.620. The zero-order chi connectivity index (χ0) is 9.19. The largest absolute Gasteiger partial charge is 0.326 e. The molecule has 0 bridgehead atoms. The van der Waals surface area contributed by atoms with Crippen LogP contribution >= 0.6 is 0 Å². The molecule has 1 heterocycles. The van der Waals surface area contributed by atoms with Gasteiger partial charge in [-0.3, -0.25) is 0 Å². The molecule has 1 aliphatic rings. The van der Waals surface area contributed by atoms with Crippen molar-refractivity contribution in [2.45, 2.75) is 12.8 Å². The predicted molar refractivity (Wildman–Crippen MR) is 46.1 cm³/mol. The van der Waals surface area contributed by atoms with Crippen LogP contribution in [-0.2, 0) is 0 Å². The summed E-state index contributed by atoms with van der Waals surface area (Å²) >= 11 is 0. The third kappa shape index (κ3) is 1.95. The molecule has 0 aliphatic carbocycles. The fourth-order valence-corrected chi connectivity index (χ4v) is 1.15. The Morgan fingerprint density at radius 1 is 1.83 bits per heavy atom. The first-order valence-corrected chi connectivity index (χ1v) is 4.04. The third-order valence-electron chi connectivity index (χ3n) is 2.09. The van der Waals surface area contributed by atoms with Crippen LogP contribution in [-0.4, -0.2) is 36.2 Å². The summed E-state index contributed by atoms with van der Waals surface area (Å²) in [5, 5.41) is 12.4. The molecule has 6 N–H and O–H groups in total. The van der Waals surface area contributed by atoms with Crippen LogP contribution in [0.3, 0.4) is 0 Å². The molecule has 0 spiro atoms. The molecule has 0 aromatic rings. The minimum Gasteiger partial charge on any atom is -0.326 e. The molecule has 2 atom stereocenters. The van der Waals surface area contributed by atoms with E-state index in [-0.39, 0.29) is 4.59 Å². The van der Waals surface area contributed by atoms with Crippen molar-refractivity contribution >= 4 is 0 Å². The number of nitrogens with zero attached hydrogens (tertiary/aromatic N) is 1. The van der Waals surface area contributed by atoms with Crippen molar-refractivity contribution in [1.29, 1.82) is 0 Å². The summed E-state index contributed by atoms with van der Waals surface area (Å²) < 4.78 is 0.0694. The molecular formula is C7H17N4O+. The minimum absolute atomic E-state index is 0.0694. The zero-order valence-corrected chi connectivity index (χ0v) is 7.33. The zero-order valence-electron chi connectivity index (χ0n) is 7.33. The van der Waals surface area contributed by atoms with E-state index in [1.807, 2.05) is 6.08 Å². The number of hydrogen-bond acceptors (Lipinski definition) is 4. The lowest BCUT2D eigenvalue weighted by Crippen LogP contribution is -2.62. The molecule has 0 saturated carbocycles. The quantitative estimate of drug-likeness (QED) is 0.285. The van der Waals surface area contributed by atoms with Crippen LogP contribution in [0.2, 0.25) is 0 Å². The number of aliphatic hydroxyl groups excluding tert-OH is 1. The Morgan fingerprint density at radius 2 is 2.50 bits per heavy atom. The molecule has 2 unspecified atom stereocenters. The van der Waals surface area contributed by atoms with Gasteiger partial charge in [0.2, 0.25) is 0 Å². The molecule has 1 rings (SSSR count). The number of nitrogens with two attached hydrogens (primary N) is 2. The van der Waals surface area contributed by atoms with E-state index in [1.165, 1.54) is 0 Å². The van der Waals surface area contributed by atoms with Crippen LogP contribution in [0, 0.1) is 0 Å². The fraction of sp³-hybridized carbons (Fsp3) is 0.714. The molecule has 0 aromatic heterocycles. The van der Waals surface area contributed by atoms with E-state index in [0.717, 1.165) is 12.1 Å². The maximum absolute atomic E-state index is 9.56. The highest BCUT2D eigenvalue weighted by molar-refractivity contribution is 5.01. The molecular weight excluding hydrogens is 156 g/mol. The van der Waals surface area contributed by atoms with Crippen LogP contribution in [0.1, 0.15) is 6.42 Å². The lowest BCUT2D eigenvalue weighted by Gasteiger charge is -2.31. The second-order valence-electron chi connectivity index (χ2n) is 3.31. The van der Waals surface area contributed by atoms with Crippen LogP contribution < -0.4 is 16.9 Å². The van der Waals surface area contributed by atoms with Crippen molar-refractivity contribution in [1.82, 2.24) is 5.32 Å². The summed E-state index contributed by atoms with van der Waals surface area (Å²) in [6, 6.07) is 0. The SMILES string of the molecule is C[N+]1(N)CCC=C(CN)NC1O. The highest BCUT2D eigenvalue weighted by atomic mass is 16.3. The van der Waals surface area contributed by atoms with Gasteiger partial charge in [-0.05, 0) is 0 Å². The number of nitrogens with one attached hydrogen (secondary N) is 1. The molecule has 1 aliphatic heterocycles. The summed E-state index contributed by atoms with van der Waals surface area (Å²) in [6.07, 6.45) is 2.05. The Kier molecular flexibility index (Phi) is 2.69. The van der Waals surface area contributed by atoms with Gasteiger partial charge in [0, 0.05) is 18.7 Å². The van der Waals surface area contributed by atoms with Crippen LogP contribution in [0.5, 0.6) is 0 Å². The summed E-state index contributed by atoms with van der Waals surface area (Å²) in [5.41, 5.74) is 6.29. The first-order valence-electron chi connectivity index (χ1n) is 4.04. The van der Waals surface area contributed by atoms with E-state index in [2.05, 4.69) is 5.32 Å². The van der Waals surface area contributed by atoms with Gasteiger partial charge in [0.1, 0.15) is 6.54 Å². The highest BCUT2D eigenvalue weighted by Gasteiger charge is 2.28. The summed E-state index contributed by atoms with van der Waals surface area (Å²) in [4.78, 5) is 0. The third-order valence-corrected chi connectivity index (χ3v) is 2.09. The maximum Gasteiger partial charge on any atom is 0.289 e. The van der Waals surface area contributed by atoms with Gasteiger partial charge >= 0.3 is 0 Å². The molecule has 0 radical (unpaired) electrons. The van der Waals surface area contributed by atoms with E-state index in [9.17, 15) is 5.11 Å². The molecule has 0 saturated heterocycles. The molecule has 70 valence electrons. The molecule has 0 amide bonds. The lowest BCUT2D eigenvalue weighted by molar-refractivity contribution is -0.967. The average molecular weight is 173 g/mol. The molecule has 0 fully saturated rings. The normalized spacial score (nSPS) is 36.7. The van der Waals surface area contributed by atoms with Crippen LogP contribution in [0.4, 0.5) is 0 Å². The van der Waals surface area contributed by atoms with Crippen molar-refractivity contribution in [3.63, 3.8) is 0 Å². The van der Waals surface area contributed by atoms with E-state index in [0.29, 0.717) is 13.1 Å². The van der Waals surface area contributed by atoms with Crippen LogP contribution in [0.25, 0.3) is 0 Å². The van der Waals surface area contributed by atoms with Gasteiger partial charge in [0.25, 0.3) is 6.35 Å². The van der Waals surface area contributed by atoms with Crippen molar-refractivity contribution in [3.8, 4) is 0 Å². The second-order valence-corrected chi connectivity index (χ2v) is 3.31. The van der Waals surface area contributed by atoms with Crippen molar-refractivity contribution < 1.29 is 9.70 Å².